The van der Waals surface area contributed by atoms with E-state index in [2.05, 4.69) is 71.3 Å². The molecule has 0 aromatic heterocycles. The molecule has 2 fully saturated rings. The fourth-order valence-corrected chi connectivity index (χ4v) is 6.23. The molecule has 0 aromatic rings. The highest BCUT2D eigenvalue weighted by Gasteiger charge is 2.38. The summed E-state index contributed by atoms with van der Waals surface area (Å²) in [5, 5.41) is 5.91. The van der Waals surface area contributed by atoms with Gasteiger partial charge in [0.25, 0.3) is 0 Å². The van der Waals surface area contributed by atoms with E-state index >= 15 is 0 Å². The number of nitrogens with one attached hydrogen (secondary N) is 2. The van der Waals surface area contributed by atoms with Gasteiger partial charge in [-0.1, -0.05) is 118 Å². The van der Waals surface area contributed by atoms with Crippen molar-refractivity contribution >= 4 is 23.5 Å². The Balaban J connectivity index is 0. The highest BCUT2D eigenvalue weighted by Crippen LogP contribution is 2.34. The lowest BCUT2D eigenvalue weighted by molar-refractivity contribution is -0.142. The van der Waals surface area contributed by atoms with Gasteiger partial charge < -0.3 is 15.5 Å². The summed E-state index contributed by atoms with van der Waals surface area (Å²) < 4.78 is 0. The molecule has 0 spiro atoms. The number of Topliss-reactive ketones (excluding diaryl/α,β-unsaturated/α-hetero) is 1. The number of nitrogens with zero attached hydrogens (tertiary/aromatic N) is 1. The number of hydrogen-bond acceptors (Lipinski definition) is 4. The normalized spacial score (nSPS) is 19.1. The number of likely N-dealkylation sites (tertiary alicyclic amines) is 1. The molecule has 1 heterocycles. The largest absolute Gasteiger partial charge is 0.344 e. The van der Waals surface area contributed by atoms with Crippen LogP contribution in [0.2, 0.25) is 0 Å². The summed E-state index contributed by atoms with van der Waals surface area (Å²) >= 11 is 0. The number of ketones is 1. The lowest BCUT2D eigenvalue weighted by atomic mass is 9.99. The first-order valence-electron chi connectivity index (χ1n) is 19.1. The van der Waals surface area contributed by atoms with Gasteiger partial charge in [-0.25, -0.2) is 0 Å². The van der Waals surface area contributed by atoms with Crippen molar-refractivity contribution in [3.63, 3.8) is 0 Å². The van der Waals surface area contributed by atoms with Gasteiger partial charge in [0.2, 0.25) is 17.7 Å². The van der Waals surface area contributed by atoms with Crippen LogP contribution in [-0.2, 0) is 19.2 Å². The maximum absolute atomic E-state index is 13.7. The van der Waals surface area contributed by atoms with Crippen molar-refractivity contribution in [1.29, 1.82) is 0 Å². The third kappa shape index (κ3) is 19.8. The molecule has 5 unspecified atom stereocenters. The van der Waals surface area contributed by atoms with Gasteiger partial charge in [-0.3, -0.25) is 19.2 Å². The summed E-state index contributed by atoms with van der Waals surface area (Å²) in [6.45, 7) is 22.0. The number of hydrogen-bond donors (Lipinski definition) is 2. The SMILES string of the molecule is C#C.C=C(C)C(=O)C(CC)NC(=O)C1CCCN1C(=O)C(CCCCCCC)NC(=O)CC1CCC(CC)C1.C=CCC.CCCCC. The van der Waals surface area contributed by atoms with E-state index in [0.29, 0.717) is 49.6 Å². The molecule has 0 aromatic carbocycles. The molecule has 1 saturated heterocycles. The maximum Gasteiger partial charge on any atom is 0.245 e. The van der Waals surface area contributed by atoms with Crippen molar-refractivity contribution < 1.29 is 19.2 Å². The first kappa shape index (κ1) is 47.2. The van der Waals surface area contributed by atoms with Gasteiger partial charge in [-0.15, -0.1) is 19.4 Å². The van der Waals surface area contributed by atoms with E-state index in [1.165, 1.54) is 32.1 Å². The number of amides is 3. The van der Waals surface area contributed by atoms with Crippen molar-refractivity contribution in [3.8, 4) is 12.8 Å². The second kappa shape index (κ2) is 30.2. The van der Waals surface area contributed by atoms with Gasteiger partial charge in [-0.05, 0) is 69.3 Å². The monoisotopic (exact) mass is 672 g/mol. The second-order valence-corrected chi connectivity index (χ2v) is 13.3. The minimum Gasteiger partial charge on any atom is -0.344 e. The van der Waals surface area contributed by atoms with Crippen LogP contribution in [0.3, 0.4) is 0 Å². The Hall–Kier alpha value is -2.88. The molecule has 2 aliphatic rings. The van der Waals surface area contributed by atoms with E-state index in [1.54, 1.807) is 11.8 Å². The topological polar surface area (TPSA) is 95.6 Å². The average molecular weight is 672 g/mol. The van der Waals surface area contributed by atoms with E-state index in [0.717, 1.165) is 57.8 Å². The van der Waals surface area contributed by atoms with E-state index in [-0.39, 0.29) is 23.5 Å². The third-order valence-electron chi connectivity index (χ3n) is 9.23. The minimum atomic E-state index is -0.630. The number of carbonyl (C=O) groups is 4. The fourth-order valence-electron chi connectivity index (χ4n) is 6.23. The van der Waals surface area contributed by atoms with Crippen LogP contribution >= 0.6 is 0 Å². The summed E-state index contributed by atoms with van der Waals surface area (Å²) in [6, 6.07) is -1.85. The first-order chi connectivity index (χ1) is 23.0. The smallest absolute Gasteiger partial charge is 0.245 e. The number of rotatable bonds is 19. The standard InChI is InChI=1S/C30H51N3O4.C5H12.C4H8.C2H2/c1-6-9-10-11-12-14-25(31-27(34)20-23-17-16-22(7-2)19-23)30(37)33-18-13-15-26(33)29(36)32-24(8-3)28(35)21(4)5;1-3-5-4-2;1-3-4-2;1-2/h22-26H,4,6-20H2,1-3,5H3,(H,31,34)(H,32,36);3-5H2,1-2H3;3H,1,4H2,2H3;1-2H. The molecule has 276 valence electrons. The van der Waals surface area contributed by atoms with Gasteiger partial charge in [0, 0.05) is 13.0 Å². The molecule has 48 heavy (non-hydrogen) atoms. The lowest BCUT2D eigenvalue weighted by Crippen LogP contribution is -2.55. The molecular formula is C41H73N3O4. The van der Waals surface area contributed by atoms with Crippen LogP contribution in [0.5, 0.6) is 0 Å². The summed E-state index contributed by atoms with van der Waals surface area (Å²) in [4.78, 5) is 53.9. The Morgan fingerprint density at radius 2 is 1.42 bits per heavy atom. The molecular weight excluding hydrogens is 598 g/mol. The van der Waals surface area contributed by atoms with E-state index in [1.807, 2.05) is 13.0 Å². The zero-order chi connectivity index (χ0) is 36.9. The molecule has 3 amide bonds. The summed E-state index contributed by atoms with van der Waals surface area (Å²) in [6.07, 6.45) is 27.7. The molecule has 0 bridgehead atoms. The molecule has 5 atom stereocenters. The second-order valence-electron chi connectivity index (χ2n) is 13.3. The van der Waals surface area contributed by atoms with Crippen molar-refractivity contribution in [3.05, 3.63) is 24.8 Å². The average Bonchev–Trinajstić information content (AvgIpc) is 3.77. The van der Waals surface area contributed by atoms with Crippen LogP contribution in [0.15, 0.2) is 24.8 Å². The van der Waals surface area contributed by atoms with Gasteiger partial charge in [0.05, 0.1) is 6.04 Å². The van der Waals surface area contributed by atoms with E-state index in [4.69, 9.17) is 0 Å². The molecule has 1 aliphatic carbocycles. The Labute approximate surface area is 295 Å². The van der Waals surface area contributed by atoms with Crippen molar-refractivity contribution in [2.45, 2.75) is 182 Å². The Bertz CT molecular complexity index is 941. The zero-order valence-corrected chi connectivity index (χ0v) is 32.0. The lowest BCUT2D eigenvalue weighted by Gasteiger charge is -2.30. The molecule has 1 aliphatic heterocycles. The first-order valence-corrected chi connectivity index (χ1v) is 19.1. The maximum atomic E-state index is 13.7. The summed E-state index contributed by atoms with van der Waals surface area (Å²) in [5.74, 6) is 0.414. The minimum absolute atomic E-state index is 0.0491. The van der Waals surface area contributed by atoms with Gasteiger partial charge in [-0.2, -0.15) is 0 Å². The zero-order valence-electron chi connectivity index (χ0n) is 32.0. The van der Waals surface area contributed by atoms with E-state index < -0.39 is 18.1 Å². The molecule has 2 rings (SSSR count). The van der Waals surface area contributed by atoms with Crippen LogP contribution in [-0.4, -0.2) is 53.1 Å². The van der Waals surface area contributed by atoms with Crippen LogP contribution < -0.4 is 10.6 Å². The van der Waals surface area contributed by atoms with Crippen LogP contribution in [0, 0.1) is 24.7 Å². The Morgan fingerprint density at radius 3 is 1.90 bits per heavy atom. The number of terminal acetylenes is 1. The van der Waals surface area contributed by atoms with E-state index in [9.17, 15) is 19.2 Å². The van der Waals surface area contributed by atoms with Gasteiger partial charge in [0.15, 0.2) is 5.78 Å². The highest BCUT2D eigenvalue weighted by atomic mass is 16.2. The highest BCUT2D eigenvalue weighted by molar-refractivity contribution is 6.01. The Kier molecular flexibility index (Phi) is 29.7. The van der Waals surface area contributed by atoms with Crippen LogP contribution in [0.1, 0.15) is 164 Å². The number of carbonyl (C=O) groups excluding carboxylic acids is 4. The van der Waals surface area contributed by atoms with Gasteiger partial charge >= 0.3 is 0 Å². The van der Waals surface area contributed by atoms with Gasteiger partial charge in [0.1, 0.15) is 12.1 Å². The molecule has 7 nitrogen and oxygen atoms in total. The predicted octanol–water partition coefficient (Wildman–Crippen LogP) is 9.11. The van der Waals surface area contributed by atoms with Crippen LogP contribution in [0.25, 0.3) is 0 Å². The summed E-state index contributed by atoms with van der Waals surface area (Å²) in [7, 11) is 0. The van der Waals surface area contributed by atoms with Crippen molar-refractivity contribution in [1.82, 2.24) is 15.5 Å². The molecule has 2 N–H and O–H groups in total. The Morgan fingerprint density at radius 1 is 0.833 bits per heavy atom. The van der Waals surface area contributed by atoms with Crippen molar-refractivity contribution in [2.24, 2.45) is 11.8 Å². The van der Waals surface area contributed by atoms with Crippen LogP contribution in [0.4, 0.5) is 0 Å². The number of allylic oxidation sites excluding steroid dienone is 1. The van der Waals surface area contributed by atoms with Crippen molar-refractivity contribution in [2.75, 3.05) is 6.54 Å². The quantitative estimate of drug-likeness (QED) is 0.0620. The molecule has 0 radical (unpaired) electrons. The molecule has 7 heteroatoms. The molecule has 1 saturated carbocycles. The predicted molar refractivity (Wildman–Crippen MR) is 203 cm³/mol. The fraction of sp³-hybridized carbons (Fsp3) is 0.756. The third-order valence-corrected chi connectivity index (χ3v) is 9.23. The number of unbranched alkanes of at least 4 members (excludes halogenated alkanes) is 6. The summed E-state index contributed by atoms with van der Waals surface area (Å²) in [5.41, 5.74) is 0.407.